The molecule has 0 N–H and O–H groups in total. The molecule has 0 radical (unpaired) electrons. The van der Waals surface area contributed by atoms with Gasteiger partial charge in [-0.15, -0.1) is 0 Å². The van der Waals surface area contributed by atoms with Crippen LogP contribution in [0.1, 0.15) is 380 Å². The van der Waals surface area contributed by atoms with E-state index in [0.29, 0.717) is 19.3 Å². The molecule has 6 nitrogen and oxygen atoms in total. The van der Waals surface area contributed by atoms with Crippen LogP contribution in [0.4, 0.5) is 0 Å². The van der Waals surface area contributed by atoms with Gasteiger partial charge in [0.25, 0.3) is 0 Å². The van der Waals surface area contributed by atoms with Crippen LogP contribution >= 0.6 is 0 Å². The maximum atomic E-state index is 13.0. The molecular weight excluding hydrogens is 1020 g/mol. The molecule has 0 aromatic rings. The van der Waals surface area contributed by atoms with Crippen LogP contribution in [0, 0.1) is 0 Å². The lowest BCUT2D eigenvalue weighted by atomic mass is 10.0. The van der Waals surface area contributed by atoms with E-state index in [0.717, 1.165) is 83.5 Å². The fraction of sp³-hybridized carbons (Fsp3) is 0.805. The van der Waals surface area contributed by atoms with Gasteiger partial charge in [0.1, 0.15) is 13.2 Å². The molecule has 6 heteroatoms. The van der Waals surface area contributed by atoms with Gasteiger partial charge in [0, 0.05) is 19.3 Å². The van der Waals surface area contributed by atoms with E-state index >= 15 is 0 Å². The second-order valence-corrected chi connectivity index (χ2v) is 24.5. The van der Waals surface area contributed by atoms with Gasteiger partial charge in [-0.05, 0) is 109 Å². The van der Waals surface area contributed by atoms with E-state index < -0.39 is 6.10 Å². The number of hydrogen-bond acceptors (Lipinski definition) is 6. The maximum Gasteiger partial charge on any atom is 0.306 e. The summed E-state index contributed by atoms with van der Waals surface area (Å²) < 4.78 is 17.0. The molecule has 0 aromatic heterocycles. The number of allylic oxidation sites excluding steroid dienone is 12. The van der Waals surface area contributed by atoms with E-state index in [2.05, 4.69) is 93.7 Å². The normalized spacial score (nSPS) is 12.5. The first-order valence-electron chi connectivity index (χ1n) is 36.4. The lowest BCUT2D eigenvalue weighted by Gasteiger charge is -2.18. The van der Waals surface area contributed by atoms with Crippen molar-refractivity contribution in [1.29, 1.82) is 0 Å². The van der Waals surface area contributed by atoms with Gasteiger partial charge < -0.3 is 14.2 Å². The average Bonchev–Trinajstić information content (AvgIpc) is 3.50. The van der Waals surface area contributed by atoms with E-state index in [1.807, 2.05) is 0 Å². The summed E-state index contributed by atoms with van der Waals surface area (Å²) in [7, 11) is 0. The Bertz CT molecular complexity index is 1520. The first kappa shape index (κ1) is 79.8. The Hall–Kier alpha value is -3.15. The van der Waals surface area contributed by atoms with E-state index in [1.165, 1.54) is 257 Å². The highest BCUT2D eigenvalue weighted by molar-refractivity contribution is 5.71. The summed E-state index contributed by atoms with van der Waals surface area (Å²) in [5.41, 5.74) is 0. The van der Waals surface area contributed by atoms with Crippen LogP contribution in [0.2, 0.25) is 0 Å². The van der Waals surface area contributed by atoms with Crippen LogP contribution in [-0.2, 0) is 28.6 Å². The summed E-state index contributed by atoms with van der Waals surface area (Å²) in [6.07, 6.45) is 93.5. The van der Waals surface area contributed by atoms with E-state index in [9.17, 15) is 14.4 Å². The van der Waals surface area contributed by atoms with Crippen molar-refractivity contribution in [3.63, 3.8) is 0 Å². The monoisotopic (exact) mass is 1160 g/mol. The second kappa shape index (κ2) is 71.3. The van der Waals surface area contributed by atoms with Crippen molar-refractivity contribution >= 4 is 17.9 Å². The summed E-state index contributed by atoms with van der Waals surface area (Å²) in [5.74, 6) is -0.854. The van der Waals surface area contributed by atoms with Gasteiger partial charge in [-0.2, -0.15) is 0 Å². The third-order valence-electron chi connectivity index (χ3n) is 16.2. The van der Waals surface area contributed by atoms with Crippen LogP contribution in [0.25, 0.3) is 0 Å². The van der Waals surface area contributed by atoms with Crippen molar-refractivity contribution in [3.05, 3.63) is 72.9 Å². The summed E-state index contributed by atoms with van der Waals surface area (Å²) >= 11 is 0. The fourth-order valence-corrected chi connectivity index (χ4v) is 10.7. The van der Waals surface area contributed by atoms with Crippen LogP contribution in [-0.4, -0.2) is 37.2 Å². The number of carbonyl (C=O) groups excluding carboxylic acids is 3. The lowest BCUT2D eigenvalue weighted by Crippen LogP contribution is -2.30. The number of ether oxygens (including phenoxy) is 3. The standard InChI is InChI=1S/C77H138O6/c1-4-7-10-13-16-19-22-25-28-31-34-35-36-37-38-39-40-41-44-46-49-52-55-58-61-64-67-70-76(79)82-73-74(83-77(80)71-68-65-62-59-56-53-50-47-43-33-30-27-24-21-18-15-12-9-6-3)72-81-75(78)69-66-63-60-57-54-51-48-45-42-32-29-26-23-20-17-14-11-8-5-2/h7,10,16,19,25-30,34-35,74H,4-6,8-9,11-15,17-18,20-24,31-33,36-73H2,1-3H3/b10-7-,19-16-,28-25-,29-26-,30-27-,35-34-. The zero-order valence-corrected chi connectivity index (χ0v) is 55.5. The van der Waals surface area contributed by atoms with Crippen molar-refractivity contribution in [1.82, 2.24) is 0 Å². The molecule has 1 atom stereocenters. The van der Waals surface area contributed by atoms with Crippen LogP contribution in [0.15, 0.2) is 72.9 Å². The Morgan fingerprint density at radius 1 is 0.253 bits per heavy atom. The third kappa shape index (κ3) is 69.5. The quantitative estimate of drug-likeness (QED) is 0.0261. The summed E-state index contributed by atoms with van der Waals surface area (Å²) in [6, 6.07) is 0. The number of hydrogen-bond donors (Lipinski definition) is 0. The Kier molecular flexibility index (Phi) is 68.6. The highest BCUT2D eigenvalue weighted by Gasteiger charge is 2.19. The van der Waals surface area contributed by atoms with Crippen LogP contribution < -0.4 is 0 Å². The van der Waals surface area contributed by atoms with Crippen LogP contribution in [0.5, 0.6) is 0 Å². The maximum absolute atomic E-state index is 13.0. The van der Waals surface area contributed by atoms with Gasteiger partial charge >= 0.3 is 17.9 Å². The van der Waals surface area contributed by atoms with Crippen LogP contribution in [0.3, 0.4) is 0 Å². The highest BCUT2D eigenvalue weighted by Crippen LogP contribution is 2.18. The minimum absolute atomic E-state index is 0.0734. The minimum Gasteiger partial charge on any atom is -0.462 e. The largest absolute Gasteiger partial charge is 0.462 e. The third-order valence-corrected chi connectivity index (χ3v) is 16.2. The highest BCUT2D eigenvalue weighted by atomic mass is 16.6. The molecule has 0 spiro atoms. The van der Waals surface area contributed by atoms with E-state index in [1.54, 1.807) is 0 Å². The van der Waals surface area contributed by atoms with Crippen molar-refractivity contribution in [2.45, 2.75) is 386 Å². The molecule has 0 aliphatic heterocycles. The predicted molar refractivity (Wildman–Crippen MR) is 362 cm³/mol. The number of unbranched alkanes of at least 4 members (excludes halogenated alkanes) is 44. The van der Waals surface area contributed by atoms with Gasteiger partial charge in [0.15, 0.2) is 6.10 Å². The SMILES string of the molecule is CC/C=C\C/C=C\C/C=C\C/C=C\CCCCCCCCCCCCCCCCC(=O)OCC(COC(=O)CCCCCCCCCCC/C=C\CCCCCCCC)OC(=O)CCCCCCCCCCC/C=C\CCCCCCCC. The number of carbonyl (C=O) groups is 3. The van der Waals surface area contributed by atoms with E-state index in [4.69, 9.17) is 14.2 Å². The molecular formula is C77H138O6. The molecule has 0 bridgehead atoms. The Balaban J connectivity index is 4.31. The molecule has 83 heavy (non-hydrogen) atoms. The molecule has 0 aromatic carbocycles. The molecule has 0 fully saturated rings. The summed E-state index contributed by atoms with van der Waals surface area (Å²) in [5, 5.41) is 0. The number of esters is 3. The molecule has 0 heterocycles. The molecule has 0 saturated heterocycles. The molecule has 0 aliphatic carbocycles. The minimum atomic E-state index is -0.778. The first-order valence-corrected chi connectivity index (χ1v) is 36.4. The van der Waals surface area contributed by atoms with Gasteiger partial charge in [0.05, 0.1) is 0 Å². The average molecular weight is 1160 g/mol. The lowest BCUT2D eigenvalue weighted by molar-refractivity contribution is -0.167. The van der Waals surface area contributed by atoms with Gasteiger partial charge in [-0.1, -0.05) is 325 Å². The predicted octanol–water partition coefficient (Wildman–Crippen LogP) is 25.2. The number of rotatable bonds is 67. The topological polar surface area (TPSA) is 78.9 Å². The molecule has 0 aliphatic rings. The van der Waals surface area contributed by atoms with Crippen molar-refractivity contribution in [2.24, 2.45) is 0 Å². The van der Waals surface area contributed by atoms with E-state index in [-0.39, 0.29) is 31.1 Å². The molecule has 0 saturated carbocycles. The smallest absolute Gasteiger partial charge is 0.306 e. The molecule has 0 rings (SSSR count). The van der Waals surface area contributed by atoms with Crippen molar-refractivity contribution in [2.75, 3.05) is 13.2 Å². The molecule has 1 unspecified atom stereocenters. The van der Waals surface area contributed by atoms with Gasteiger partial charge in [-0.3, -0.25) is 14.4 Å². The zero-order valence-electron chi connectivity index (χ0n) is 55.5. The van der Waals surface area contributed by atoms with Crippen molar-refractivity contribution < 1.29 is 28.6 Å². The second-order valence-electron chi connectivity index (χ2n) is 24.5. The Labute approximate surface area is 516 Å². The Morgan fingerprint density at radius 2 is 0.470 bits per heavy atom. The first-order chi connectivity index (χ1) is 41.0. The zero-order chi connectivity index (χ0) is 59.9. The summed E-state index contributed by atoms with van der Waals surface area (Å²) in [6.45, 7) is 6.58. The summed E-state index contributed by atoms with van der Waals surface area (Å²) in [4.78, 5) is 38.5. The molecule has 482 valence electrons. The molecule has 0 amide bonds. The van der Waals surface area contributed by atoms with Crippen molar-refractivity contribution in [3.8, 4) is 0 Å². The van der Waals surface area contributed by atoms with Gasteiger partial charge in [0.2, 0.25) is 0 Å². The van der Waals surface area contributed by atoms with Gasteiger partial charge in [-0.25, -0.2) is 0 Å². The Morgan fingerprint density at radius 3 is 0.747 bits per heavy atom. The fourth-order valence-electron chi connectivity index (χ4n) is 10.7.